The molecule has 0 fully saturated rings. The van der Waals surface area contributed by atoms with E-state index in [0.29, 0.717) is 0 Å². The molecule has 0 saturated carbocycles. The van der Waals surface area contributed by atoms with Gasteiger partial charge in [-0.05, 0) is 26.0 Å². The molecule has 0 unspecified atom stereocenters. The number of hydrogen-bond donors (Lipinski definition) is 0. The molecule has 0 spiro atoms. The zero-order valence-electron chi connectivity index (χ0n) is 13.2. The predicted molar refractivity (Wildman–Crippen MR) is 97.8 cm³/mol. The third kappa shape index (κ3) is 14.3. The maximum absolute atomic E-state index is 10.6. The first-order chi connectivity index (χ1) is 10.5. The molecular formula is C11H18Cl3NO6S3. The van der Waals surface area contributed by atoms with E-state index < -0.39 is 32.6 Å². The van der Waals surface area contributed by atoms with E-state index in [-0.39, 0.29) is 4.90 Å². The van der Waals surface area contributed by atoms with E-state index in [4.69, 9.17) is 32.0 Å². The lowest BCUT2D eigenvalue weighted by molar-refractivity contribution is 0.537. The highest BCUT2D eigenvalue weighted by Crippen LogP contribution is 2.12. The lowest BCUT2D eigenvalue weighted by Crippen LogP contribution is -2.15. The number of hydrogen-bond acceptors (Lipinski definition) is 6. The summed E-state index contributed by atoms with van der Waals surface area (Å²) in [6, 6.07) is 7.86. The van der Waals surface area contributed by atoms with Crippen LogP contribution in [0.3, 0.4) is 0 Å². The van der Waals surface area contributed by atoms with E-state index >= 15 is 0 Å². The minimum atomic E-state index is -3.53. The molecular weight excluding hydrogens is 445 g/mol. The van der Waals surface area contributed by atoms with Crippen molar-refractivity contribution in [1.29, 1.82) is 0 Å². The monoisotopic (exact) mass is 461 g/mol. The summed E-state index contributed by atoms with van der Waals surface area (Å²) in [6.45, 7) is 3.06. The summed E-state index contributed by atoms with van der Waals surface area (Å²) in [6.07, 6.45) is 0. The van der Waals surface area contributed by atoms with Gasteiger partial charge in [-0.15, -0.1) is 0 Å². The molecule has 1 aromatic carbocycles. The van der Waals surface area contributed by atoms with E-state index in [1.807, 2.05) is 0 Å². The minimum Gasteiger partial charge on any atom is -0.212 e. The molecule has 1 aromatic rings. The second kappa shape index (κ2) is 10.8. The van der Waals surface area contributed by atoms with Crippen molar-refractivity contribution in [3.05, 3.63) is 30.3 Å². The molecule has 0 heterocycles. The molecule has 0 aliphatic carbocycles. The van der Waals surface area contributed by atoms with Crippen LogP contribution in [-0.2, 0) is 27.3 Å². The highest BCUT2D eigenvalue weighted by Gasteiger charge is 2.09. The second-order valence-corrected chi connectivity index (χ2v) is 13.0. The Hall–Kier alpha value is -0.100. The van der Waals surface area contributed by atoms with Crippen LogP contribution in [0.4, 0.5) is 0 Å². The van der Waals surface area contributed by atoms with Gasteiger partial charge >= 0.3 is 0 Å². The summed E-state index contributed by atoms with van der Waals surface area (Å²) < 4.78 is 62.4. The van der Waals surface area contributed by atoms with Gasteiger partial charge in [0.15, 0.2) is 0 Å². The standard InChI is InChI=1S/C6H5ClO2S.C3H7ClO2S.C2H6ClNO2S/c7-10(8,9)6-4-2-1-3-5-6;1-3(2)7(4,5)6;1-4(2)7(3,5)6/h1-5H;3H,1-2H3;1-2H3. The fraction of sp³-hybridized carbons (Fsp3) is 0.455. The van der Waals surface area contributed by atoms with Crippen LogP contribution in [0, 0.1) is 0 Å². The van der Waals surface area contributed by atoms with E-state index in [9.17, 15) is 25.3 Å². The minimum absolute atomic E-state index is 0.136. The Balaban J connectivity index is 0. The summed E-state index contributed by atoms with van der Waals surface area (Å²) in [4.78, 5) is 0.136. The van der Waals surface area contributed by atoms with Gasteiger partial charge in [-0.3, -0.25) is 0 Å². The Morgan fingerprint density at radius 1 is 0.833 bits per heavy atom. The molecule has 0 aromatic heterocycles. The zero-order chi connectivity index (χ0) is 19.8. The van der Waals surface area contributed by atoms with Gasteiger partial charge in [0.05, 0.1) is 10.1 Å². The van der Waals surface area contributed by atoms with Crippen LogP contribution in [0.2, 0.25) is 0 Å². The summed E-state index contributed by atoms with van der Waals surface area (Å²) in [7, 11) is 7.13. The highest BCUT2D eigenvalue weighted by atomic mass is 35.7. The highest BCUT2D eigenvalue weighted by molar-refractivity contribution is 8.14. The van der Waals surface area contributed by atoms with E-state index in [1.54, 1.807) is 18.2 Å². The Bertz CT molecular complexity index is 755. The van der Waals surface area contributed by atoms with Gasteiger partial charge in [0, 0.05) is 46.1 Å². The second-order valence-electron chi connectivity index (χ2n) is 4.50. The Morgan fingerprint density at radius 2 is 1.12 bits per heavy atom. The Kier molecular flexibility index (Phi) is 11.8. The van der Waals surface area contributed by atoms with E-state index in [1.165, 1.54) is 40.1 Å². The van der Waals surface area contributed by atoms with Crippen molar-refractivity contribution < 1.29 is 25.3 Å². The van der Waals surface area contributed by atoms with Crippen LogP contribution in [0.15, 0.2) is 35.2 Å². The molecule has 13 heteroatoms. The number of halogens is 3. The summed E-state index contributed by atoms with van der Waals surface area (Å²) in [5.74, 6) is 0. The van der Waals surface area contributed by atoms with Crippen LogP contribution in [-0.4, -0.2) is 48.9 Å². The molecule has 0 atom stereocenters. The van der Waals surface area contributed by atoms with Crippen LogP contribution in [0.5, 0.6) is 0 Å². The molecule has 1 rings (SSSR count). The quantitative estimate of drug-likeness (QED) is 0.639. The van der Waals surface area contributed by atoms with Gasteiger partial charge in [-0.2, -0.15) is 12.7 Å². The third-order valence-electron chi connectivity index (χ3n) is 2.02. The molecule has 0 aliphatic heterocycles. The lowest BCUT2D eigenvalue weighted by atomic mass is 10.4. The number of nitrogens with zero attached hydrogens (tertiary/aromatic N) is 1. The van der Waals surface area contributed by atoms with Crippen molar-refractivity contribution in [2.75, 3.05) is 14.1 Å². The SMILES string of the molecule is CC(C)S(=O)(=O)Cl.CN(C)S(=O)(=O)Cl.O=S(=O)(Cl)c1ccccc1. The predicted octanol–water partition coefficient (Wildman–Crippen LogP) is 2.61. The summed E-state index contributed by atoms with van der Waals surface area (Å²) in [5.41, 5.74) is 0. The fourth-order valence-electron chi connectivity index (χ4n) is 0.583. The van der Waals surface area contributed by atoms with Gasteiger partial charge in [-0.25, -0.2) is 16.8 Å². The van der Waals surface area contributed by atoms with Gasteiger partial charge < -0.3 is 0 Å². The first kappa shape index (κ1) is 26.1. The molecule has 7 nitrogen and oxygen atoms in total. The summed E-state index contributed by atoms with van der Waals surface area (Å²) >= 11 is 0. The van der Waals surface area contributed by atoms with Crippen molar-refractivity contribution in [2.45, 2.75) is 24.0 Å². The average molecular weight is 463 g/mol. The number of benzene rings is 1. The fourth-order valence-corrected chi connectivity index (χ4v) is 1.37. The van der Waals surface area contributed by atoms with Crippen molar-refractivity contribution >= 4 is 59.4 Å². The molecule has 142 valence electrons. The van der Waals surface area contributed by atoms with Crippen LogP contribution >= 0.6 is 32.0 Å². The van der Waals surface area contributed by atoms with Gasteiger partial charge in [-0.1, -0.05) is 18.2 Å². The van der Waals surface area contributed by atoms with E-state index in [2.05, 4.69) is 0 Å². The normalized spacial score (nSPS) is 12.0. The van der Waals surface area contributed by atoms with E-state index in [0.717, 1.165) is 4.31 Å². The zero-order valence-corrected chi connectivity index (χ0v) is 17.9. The van der Waals surface area contributed by atoms with Crippen molar-refractivity contribution in [3.63, 3.8) is 0 Å². The molecule has 0 aliphatic rings. The Morgan fingerprint density at radius 3 is 1.25 bits per heavy atom. The maximum atomic E-state index is 10.6. The van der Waals surface area contributed by atoms with Crippen LogP contribution in [0.25, 0.3) is 0 Å². The molecule has 0 N–H and O–H groups in total. The van der Waals surface area contributed by atoms with Crippen molar-refractivity contribution in [2.24, 2.45) is 0 Å². The Labute approximate surface area is 156 Å². The first-order valence-electron chi connectivity index (χ1n) is 6.05. The molecule has 0 saturated heterocycles. The van der Waals surface area contributed by atoms with Gasteiger partial charge in [0.25, 0.3) is 18.3 Å². The van der Waals surface area contributed by atoms with Crippen molar-refractivity contribution in [3.8, 4) is 0 Å². The topological polar surface area (TPSA) is 106 Å². The van der Waals surface area contributed by atoms with Gasteiger partial charge in [0.1, 0.15) is 0 Å². The molecule has 0 radical (unpaired) electrons. The molecule has 0 bridgehead atoms. The average Bonchev–Trinajstić information content (AvgIpc) is 2.38. The van der Waals surface area contributed by atoms with Crippen molar-refractivity contribution in [1.82, 2.24) is 4.31 Å². The van der Waals surface area contributed by atoms with Crippen LogP contribution < -0.4 is 0 Å². The third-order valence-corrected chi connectivity index (χ3v) is 7.29. The molecule has 0 amide bonds. The summed E-state index contributed by atoms with van der Waals surface area (Å²) in [5, 5.41) is -0.464. The smallest absolute Gasteiger partial charge is 0.212 e. The largest absolute Gasteiger partial charge is 0.299 e. The molecule has 24 heavy (non-hydrogen) atoms. The number of rotatable bonds is 3. The maximum Gasteiger partial charge on any atom is 0.299 e. The lowest BCUT2D eigenvalue weighted by Gasteiger charge is -2.00. The van der Waals surface area contributed by atoms with Crippen LogP contribution in [0.1, 0.15) is 13.8 Å². The van der Waals surface area contributed by atoms with Gasteiger partial charge in [0.2, 0.25) is 9.05 Å². The first-order valence-corrected chi connectivity index (χ1v) is 13.0.